The number of carbonyl (C=O) groups excluding carboxylic acids is 2. The second kappa shape index (κ2) is 5.84. The standard InChI is InChI=1S/C11H21N3O2/c1-8(12)7-11(16)14-5-3-10(4-6-14)13-9(2)15/h8,10H,3-7,12H2,1-2H3,(H,13,15). The summed E-state index contributed by atoms with van der Waals surface area (Å²) in [7, 11) is 0. The summed E-state index contributed by atoms with van der Waals surface area (Å²) >= 11 is 0. The first kappa shape index (κ1) is 13.0. The number of nitrogens with zero attached hydrogens (tertiary/aromatic N) is 1. The van der Waals surface area contributed by atoms with E-state index in [0.29, 0.717) is 6.42 Å². The van der Waals surface area contributed by atoms with Gasteiger partial charge < -0.3 is 16.0 Å². The van der Waals surface area contributed by atoms with Gasteiger partial charge in [-0.1, -0.05) is 0 Å². The van der Waals surface area contributed by atoms with Crippen molar-refractivity contribution in [2.45, 2.75) is 45.2 Å². The van der Waals surface area contributed by atoms with Crippen LogP contribution in [0.15, 0.2) is 0 Å². The summed E-state index contributed by atoms with van der Waals surface area (Å²) in [4.78, 5) is 24.4. The number of nitrogens with one attached hydrogen (secondary N) is 1. The van der Waals surface area contributed by atoms with Crippen molar-refractivity contribution in [1.29, 1.82) is 0 Å². The van der Waals surface area contributed by atoms with Crippen LogP contribution in [0.25, 0.3) is 0 Å². The van der Waals surface area contributed by atoms with Crippen LogP contribution in [0.2, 0.25) is 0 Å². The average molecular weight is 227 g/mol. The Balaban J connectivity index is 2.31. The van der Waals surface area contributed by atoms with Crippen molar-refractivity contribution in [1.82, 2.24) is 10.2 Å². The minimum absolute atomic E-state index is 0.000331. The van der Waals surface area contributed by atoms with Crippen LogP contribution in [0, 0.1) is 0 Å². The zero-order chi connectivity index (χ0) is 12.1. The van der Waals surface area contributed by atoms with Crippen LogP contribution in [0.5, 0.6) is 0 Å². The van der Waals surface area contributed by atoms with Crippen molar-refractivity contribution < 1.29 is 9.59 Å². The van der Waals surface area contributed by atoms with Gasteiger partial charge in [0.15, 0.2) is 0 Å². The zero-order valence-electron chi connectivity index (χ0n) is 10.0. The first-order valence-electron chi connectivity index (χ1n) is 5.79. The molecule has 0 bridgehead atoms. The molecular formula is C11H21N3O2. The SMILES string of the molecule is CC(=O)NC1CCN(C(=O)CC(C)N)CC1. The van der Waals surface area contributed by atoms with Crippen molar-refractivity contribution in [3.8, 4) is 0 Å². The Kier molecular flexibility index (Phi) is 4.73. The van der Waals surface area contributed by atoms with E-state index in [4.69, 9.17) is 5.73 Å². The van der Waals surface area contributed by atoms with Crippen molar-refractivity contribution in [3.05, 3.63) is 0 Å². The third-order valence-corrected chi connectivity index (χ3v) is 2.75. The van der Waals surface area contributed by atoms with E-state index in [2.05, 4.69) is 5.32 Å². The normalized spacial score (nSPS) is 19.3. The number of piperidine rings is 1. The molecule has 2 amide bonds. The van der Waals surface area contributed by atoms with Gasteiger partial charge in [-0.05, 0) is 19.8 Å². The Morgan fingerprint density at radius 1 is 1.44 bits per heavy atom. The van der Waals surface area contributed by atoms with Gasteiger partial charge >= 0.3 is 0 Å². The monoisotopic (exact) mass is 227 g/mol. The number of carbonyl (C=O) groups is 2. The highest BCUT2D eigenvalue weighted by Crippen LogP contribution is 2.11. The summed E-state index contributed by atoms with van der Waals surface area (Å²) in [5, 5.41) is 2.88. The highest BCUT2D eigenvalue weighted by atomic mass is 16.2. The predicted octanol–water partition coefficient (Wildman–Crippen LogP) is -0.149. The number of rotatable bonds is 3. The fourth-order valence-corrected chi connectivity index (χ4v) is 1.97. The van der Waals surface area contributed by atoms with Gasteiger partial charge in [-0.15, -0.1) is 0 Å². The molecule has 1 heterocycles. The number of nitrogens with two attached hydrogens (primary N) is 1. The Labute approximate surface area is 96.4 Å². The summed E-state index contributed by atoms with van der Waals surface area (Å²) in [6.07, 6.45) is 2.08. The van der Waals surface area contributed by atoms with Gasteiger partial charge in [-0.3, -0.25) is 9.59 Å². The number of hydrogen-bond donors (Lipinski definition) is 2. The lowest BCUT2D eigenvalue weighted by Gasteiger charge is -2.32. The maximum atomic E-state index is 11.7. The lowest BCUT2D eigenvalue weighted by molar-refractivity contribution is -0.132. The number of amides is 2. The van der Waals surface area contributed by atoms with E-state index in [0.717, 1.165) is 25.9 Å². The van der Waals surface area contributed by atoms with Crippen LogP contribution in [0.1, 0.15) is 33.1 Å². The fourth-order valence-electron chi connectivity index (χ4n) is 1.97. The van der Waals surface area contributed by atoms with Gasteiger partial charge in [-0.25, -0.2) is 0 Å². The quantitative estimate of drug-likeness (QED) is 0.704. The lowest BCUT2D eigenvalue weighted by atomic mass is 10.0. The van der Waals surface area contributed by atoms with Gasteiger partial charge in [-0.2, -0.15) is 0 Å². The molecule has 0 aromatic rings. The van der Waals surface area contributed by atoms with E-state index in [-0.39, 0.29) is 23.9 Å². The maximum Gasteiger partial charge on any atom is 0.224 e. The largest absolute Gasteiger partial charge is 0.353 e. The first-order valence-corrected chi connectivity index (χ1v) is 5.79. The predicted molar refractivity (Wildman–Crippen MR) is 61.7 cm³/mol. The Bertz CT molecular complexity index is 258. The Hall–Kier alpha value is -1.10. The Morgan fingerprint density at radius 3 is 2.44 bits per heavy atom. The number of hydrogen-bond acceptors (Lipinski definition) is 3. The third kappa shape index (κ3) is 4.18. The van der Waals surface area contributed by atoms with Gasteiger partial charge in [0.2, 0.25) is 11.8 Å². The maximum absolute atomic E-state index is 11.7. The van der Waals surface area contributed by atoms with Crippen molar-refractivity contribution in [2.24, 2.45) is 5.73 Å². The average Bonchev–Trinajstić information content (AvgIpc) is 2.16. The molecule has 0 spiro atoms. The lowest BCUT2D eigenvalue weighted by Crippen LogP contribution is -2.46. The van der Waals surface area contributed by atoms with E-state index in [1.165, 1.54) is 6.92 Å². The van der Waals surface area contributed by atoms with Crippen LogP contribution >= 0.6 is 0 Å². The summed E-state index contributed by atoms with van der Waals surface area (Å²) < 4.78 is 0. The van der Waals surface area contributed by atoms with Crippen LogP contribution < -0.4 is 11.1 Å². The highest BCUT2D eigenvalue weighted by molar-refractivity contribution is 5.77. The minimum Gasteiger partial charge on any atom is -0.353 e. The van der Waals surface area contributed by atoms with E-state index >= 15 is 0 Å². The van der Waals surface area contributed by atoms with E-state index in [1.54, 1.807) is 0 Å². The number of likely N-dealkylation sites (tertiary alicyclic amines) is 1. The van der Waals surface area contributed by atoms with Crippen molar-refractivity contribution in [3.63, 3.8) is 0 Å². The second-order valence-corrected chi connectivity index (χ2v) is 4.54. The molecule has 1 unspecified atom stereocenters. The summed E-state index contributed by atoms with van der Waals surface area (Å²) in [6.45, 7) is 4.79. The molecule has 0 aromatic carbocycles. The van der Waals surface area contributed by atoms with E-state index in [9.17, 15) is 9.59 Å². The molecule has 0 saturated carbocycles. The molecule has 1 rings (SSSR count). The van der Waals surface area contributed by atoms with Crippen LogP contribution in [-0.4, -0.2) is 41.9 Å². The summed E-state index contributed by atoms with van der Waals surface area (Å²) in [5.41, 5.74) is 5.59. The molecular weight excluding hydrogens is 206 g/mol. The highest BCUT2D eigenvalue weighted by Gasteiger charge is 2.23. The molecule has 92 valence electrons. The van der Waals surface area contributed by atoms with Gasteiger partial charge in [0.1, 0.15) is 0 Å². The van der Waals surface area contributed by atoms with Gasteiger partial charge in [0.05, 0.1) is 0 Å². The van der Waals surface area contributed by atoms with E-state index in [1.807, 2.05) is 11.8 Å². The zero-order valence-corrected chi connectivity index (χ0v) is 10.0. The molecule has 5 nitrogen and oxygen atoms in total. The van der Waals surface area contributed by atoms with Crippen LogP contribution in [0.3, 0.4) is 0 Å². The van der Waals surface area contributed by atoms with Gasteiger partial charge in [0, 0.05) is 38.5 Å². The topological polar surface area (TPSA) is 75.4 Å². The van der Waals surface area contributed by atoms with Crippen molar-refractivity contribution >= 4 is 11.8 Å². The van der Waals surface area contributed by atoms with E-state index < -0.39 is 0 Å². The molecule has 1 aliphatic heterocycles. The molecule has 16 heavy (non-hydrogen) atoms. The first-order chi connectivity index (χ1) is 7.49. The van der Waals surface area contributed by atoms with Crippen LogP contribution in [0.4, 0.5) is 0 Å². The van der Waals surface area contributed by atoms with Gasteiger partial charge in [0.25, 0.3) is 0 Å². The van der Waals surface area contributed by atoms with Crippen molar-refractivity contribution in [2.75, 3.05) is 13.1 Å². The molecule has 5 heteroatoms. The summed E-state index contributed by atoms with van der Waals surface area (Å²) in [5.74, 6) is 0.122. The molecule has 1 atom stereocenters. The molecule has 0 aliphatic carbocycles. The smallest absolute Gasteiger partial charge is 0.224 e. The molecule has 3 N–H and O–H groups in total. The molecule has 0 radical (unpaired) electrons. The summed E-state index contributed by atoms with van der Waals surface area (Å²) in [6, 6.07) is 0.136. The molecule has 1 aliphatic rings. The Morgan fingerprint density at radius 2 is 2.00 bits per heavy atom. The molecule has 1 saturated heterocycles. The fraction of sp³-hybridized carbons (Fsp3) is 0.818. The molecule has 1 fully saturated rings. The third-order valence-electron chi connectivity index (χ3n) is 2.75. The minimum atomic E-state index is -0.0828. The molecule has 0 aromatic heterocycles. The van der Waals surface area contributed by atoms with Crippen LogP contribution in [-0.2, 0) is 9.59 Å². The second-order valence-electron chi connectivity index (χ2n) is 4.54.